The van der Waals surface area contributed by atoms with Crippen molar-refractivity contribution in [3.8, 4) is 0 Å². The van der Waals surface area contributed by atoms with Crippen molar-refractivity contribution in [3.05, 3.63) is 38.9 Å². The summed E-state index contributed by atoms with van der Waals surface area (Å²) in [6, 6.07) is 4.46. The van der Waals surface area contributed by atoms with Crippen molar-refractivity contribution in [1.82, 2.24) is 5.32 Å². The van der Waals surface area contributed by atoms with Crippen LogP contribution in [0.4, 0.5) is 5.69 Å². The number of non-ortho nitro benzene ring substituents is 1. The largest absolute Gasteiger partial charge is 0.395 e. The van der Waals surface area contributed by atoms with E-state index in [4.69, 9.17) is 11.6 Å². The number of halogens is 1. The Morgan fingerprint density at radius 3 is 2.79 bits per heavy atom. The summed E-state index contributed by atoms with van der Waals surface area (Å²) in [6.07, 6.45) is 1.93. The fraction of sp³-hybridized carbons (Fsp3) is 0.500. The first-order valence-corrected chi connectivity index (χ1v) is 7.46. The fourth-order valence-electron chi connectivity index (χ4n) is 1.65. The Kier molecular flexibility index (Phi) is 6.57. The van der Waals surface area contributed by atoms with Crippen LogP contribution < -0.4 is 5.32 Å². The molecule has 5 nitrogen and oxygen atoms in total. The molecule has 0 heterocycles. The molecule has 0 aromatic heterocycles. The van der Waals surface area contributed by atoms with Crippen LogP contribution in [0.3, 0.4) is 0 Å². The van der Waals surface area contributed by atoms with E-state index >= 15 is 0 Å². The van der Waals surface area contributed by atoms with Gasteiger partial charge in [0.25, 0.3) is 5.69 Å². The van der Waals surface area contributed by atoms with Gasteiger partial charge in [0, 0.05) is 35.0 Å². The topological polar surface area (TPSA) is 75.4 Å². The molecule has 2 unspecified atom stereocenters. The molecular weight excluding hydrogens is 288 g/mol. The molecule has 0 amide bonds. The Balaban J connectivity index is 2.71. The van der Waals surface area contributed by atoms with Crippen LogP contribution in [-0.2, 0) is 6.54 Å². The normalized spacial score (nSPS) is 14.1. The van der Waals surface area contributed by atoms with Gasteiger partial charge in [-0.3, -0.25) is 10.1 Å². The van der Waals surface area contributed by atoms with Crippen LogP contribution in [0, 0.1) is 10.1 Å². The van der Waals surface area contributed by atoms with E-state index in [0.29, 0.717) is 17.1 Å². The average Bonchev–Trinajstić information content (AvgIpc) is 2.38. The number of hydrogen-bond acceptors (Lipinski definition) is 5. The number of nitrogens with one attached hydrogen (secondary N) is 1. The van der Waals surface area contributed by atoms with Crippen LogP contribution in [0.5, 0.6) is 0 Å². The molecule has 106 valence electrons. The van der Waals surface area contributed by atoms with Gasteiger partial charge in [0.15, 0.2) is 0 Å². The van der Waals surface area contributed by atoms with E-state index in [-0.39, 0.29) is 23.6 Å². The molecule has 0 saturated heterocycles. The van der Waals surface area contributed by atoms with Crippen molar-refractivity contribution >= 4 is 29.1 Å². The van der Waals surface area contributed by atoms with Gasteiger partial charge in [-0.25, -0.2) is 0 Å². The van der Waals surface area contributed by atoms with Crippen molar-refractivity contribution in [2.75, 3.05) is 12.9 Å². The highest BCUT2D eigenvalue weighted by Crippen LogP contribution is 2.22. The van der Waals surface area contributed by atoms with Crippen molar-refractivity contribution in [2.24, 2.45) is 0 Å². The lowest BCUT2D eigenvalue weighted by molar-refractivity contribution is -0.384. The molecular formula is C12H17ClN2O3S. The molecule has 1 rings (SSSR count). The first-order chi connectivity index (χ1) is 8.99. The highest BCUT2D eigenvalue weighted by molar-refractivity contribution is 7.99. The molecule has 1 aromatic carbocycles. The van der Waals surface area contributed by atoms with E-state index < -0.39 is 4.92 Å². The first-order valence-electron chi connectivity index (χ1n) is 5.79. The van der Waals surface area contributed by atoms with Crippen molar-refractivity contribution in [3.63, 3.8) is 0 Å². The Morgan fingerprint density at radius 1 is 1.58 bits per heavy atom. The maximum atomic E-state index is 10.7. The number of nitro benzene ring substituents is 1. The van der Waals surface area contributed by atoms with Crippen LogP contribution in [0.25, 0.3) is 0 Å². The second kappa shape index (κ2) is 7.69. The molecule has 7 heteroatoms. The lowest BCUT2D eigenvalue weighted by Gasteiger charge is -2.21. The lowest BCUT2D eigenvalue weighted by Crippen LogP contribution is -2.37. The molecule has 0 aliphatic carbocycles. The summed E-state index contributed by atoms with van der Waals surface area (Å²) < 4.78 is 0. The van der Waals surface area contributed by atoms with Crippen molar-refractivity contribution in [2.45, 2.75) is 24.8 Å². The molecule has 2 atom stereocenters. The summed E-state index contributed by atoms with van der Waals surface area (Å²) in [5, 5.41) is 23.7. The van der Waals surface area contributed by atoms with E-state index in [9.17, 15) is 15.2 Å². The maximum absolute atomic E-state index is 10.7. The molecule has 0 aliphatic rings. The van der Waals surface area contributed by atoms with Gasteiger partial charge in [0.05, 0.1) is 11.5 Å². The van der Waals surface area contributed by atoms with Gasteiger partial charge in [0.1, 0.15) is 0 Å². The summed E-state index contributed by atoms with van der Waals surface area (Å²) in [7, 11) is 0. The molecule has 0 radical (unpaired) electrons. The summed E-state index contributed by atoms with van der Waals surface area (Å²) in [5.41, 5.74) is 0.706. The van der Waals surface area contributed by atoms with Gasteiger partial charge in [0.2, 0.25) is 0 Å². The predicted octanol–water partition coefficient (Wildman–Crippen LogP) is 2.45. The van der Waals surface area contributed by atoms with Crippen LogP contribution in [0.15, 0.2) is 18.2 Å². The van der Waals surface area contributed by atoms with Gasteiger partial charge in [-0.2, -0.15) is 11.8 Å². The van der Waals surface area contributed by atoms with Gasteiger partial charge < -0.3 is 10.4 Å². The minimum atomic E-state index is -0.443. The van der Waals surface area contributed by atoms with Crippen LogP contribution in [0.1, 0.15) is 12.5 Å². The zero-order valence-electron chi connectivity index (χ0n) is 10.8. The van der Waals surface area contributed by atoms with E-state index in [1.54, 1.807) is 11.8 Å². The quantitative estimate of drug-likeness (QED) is 0.598. The second-order valence-corrected chi connectivity index (χ2v) is 5.64. The Bertz CT molecular complexity index is 441. The molecule has 2 N–H and O–H groups in total. The molecule has 0 spiro atoms. The number of nitrogens with zero attached hydrogens (tertiary/aromatic N) is 1. The van der Waals surface area contributed by atoms with E-state index in [1.807, 2.05) is 13.2 Å². The SMILES string of the molecule is CSC(CO)C(C)NCc1cc([N+](=O)[O-])ccc1Cl. The van der Waals surface area contributed by atoms with Gasteiger partial charge in [-0.05, 0) is 24.8 Å². The van der Waals surface area contributed by atoms with Crippen molar-refractivity contribution < 1.29 is 10.0 Å². The van der Waals surface area contributed by atoms with Crippen LogP contribution in [-0.4, -0.2) is 34.2 Å². The third kappa shape index (κ3) is 4.65. The van der Waals surface area contributed by atoms with Gasteiger partial charge >= 0.3 is 0 Å². The highest BCUT2D eigenvalue weighted by Gasteiger charge is 2.16. The van der Waals surface area contributed by atoms with Gasteiger partial charge in [-0.1, -0.05) is 11.6 Å². The Hall–Kier alpha value is -0.820. The fourth-order valence-corrected chi connectivity index (χ4v) is 2.49. The van der Waals surface area contributed by atoms with E-state index in [0.717, 1.165) is 0 Å². The van der Waals surface area contributed by atoms with E-state index in [1.165, 1.54) is 18.2 Å². The minimum Gasteiger partial charge on any atom is -0.395 e. The summed E-state index contributed by atoms with van der Waals surface area (Å²) >= 11 is 7.59. The van der Waals surface area contributed by atoms with E-state index in [2.05, 4.69) is 5.32 Å². The number of rotatable bonds is 7. The standard InChI is InChI=1S/C12H17ClN2O3S/c1-8(12(7-16)19-2)14-6-9-5-10(15(17)18)3-4-11(9)13/h3-5,8,12,14,16H,6-7H2,1-2H3. The smallest absolute Gasteiger partial charge is 0.269 e. The summed E-state index contributed by atoms with van der Waals surface area (Å²) in [4.78, 5) is 10.3. The Morgan fingerprint density at radius 2 is 2.26 bits per heavy atom. The molecule has 0 saturated carbocycles. The number of benzene rings is 1. The lowest BCUT2D eigenvalue weighted by atomic mass is 10.1. The monoisotopic (exact) mass is 304 g/mol. The average molecular weight is 305 g/mol. The molecule has 0 aliphatic heterocycles. The molecule has 1 aromatic rings. The second-order valence-electron chi connectivity index (χ2n) is 4.16. The maximum Gasteiger partial charge on any atom is 0.269 e. The summed E-state index contributed by atoms with van der Waals surface area (Å²) in [6.45, 7) is 2.47. The highest BCUT2D eigenvalue weighted by atomic mass is 35.5. The number of hydrogen-bond donors (Lipinski definition) is 2. The number of nitro groups is 1. The predicted molar refractivity (Wildman–Crippen MR) is 78.8 cm³/mol. The third-order valence-corrected chi connectivity index (χ3v) is 4.43. The Labute approximate surface area is 121 Å². The van der Waals surface area contributed by atoms with Gasteiger partial charge in [-0.15, -0.1) is 0 Å². The molecule has 0 fully saturated rings. The molecule has 0 bridgehead atoms. The van der Waals surface area contributed by atoms with Crippen LogP contribution >= 0.6 is 23.4 Å². The minimum absolute atomic E-state index is 0.0254. The number of aliphatic hydroxyl groups excluding tert-OH is 1. The number of aliphatic hydroxyl groups is 1. The zero-order chi connectivity index (χ0) is 14.4. The number of thioether (sulfide) groups is 1. The third-order valence-electron chi connectivity index (χ3n) is 2.89. The molecule has 19 heavy (non-hydrogen) atoms. The summed E-state index contributed by atoms with van der Waals surface area (Å²) in [5.74, 6) is 0. The van der Waals surface area contributed by atoms with Crippen LogP contribution in [0.2, 0.25) is 5.02 Å². The zero-order valence-corrected chi connectivity index (χ0v) is 12.4. The van der Waals surface area contributed by atoms with Crippen molar-refractivity contribution in [1.29, 1.82) is 0 Å². The first kappa shape index (κ1) is 16.2.